The number of hydrogen-bond donors (Lipinski definition) is 4. The lowest BCUT2D eigenvalue weighted by Crippen LogP contribution is -2.50. The molecule has 4 N–H and O–H groups in total. The van der Waals surface area contributed by atoms with Crippen LogP contribution in [0.2, 0.25) is 0 Å². The van der Waals surface area contributed by atoms with E-state index >= 15 is 0 Å². The molecule has 0 aromatic carbocycles. The minimum Gasteiger partial charge on any atom is -0.387 e. The highest BCUT2D eigenvalue weighted by atomic mass is 32.2. The van der Waals surface area contributed by atoms with Gasteiger partial charge in [-0.25, -0.2) is 0 Å². The Balaban J connectivity index is 3.94. The van der Waals surface area contributed by atoms with Crippen molar-refractivity contribution < 1.29 is 28.0 Å². The lowest BCUT2D eigenvalue weighted by molar-refractivity contribution is -0.130. The first-order chi connectivity index (χ1) is 29.2. The molecule has 0 bridgehead atoms. The van der Waals surface area contributed by atoms with Gasteiger partial charge in [-0.3, -0.25) is 9.35 Å². The number of allylic oxidation sites excluding steroid dienone is 5. The van der Waals surface area contributed by atoms with Crippen molar-refractivity contribution in [1.29, 1.82) is 0 Å². The Morgan fingerprint density at radius 3 is 1.10 bits per heavy atom. The minimum atomic E-state index is -4.46. The first-order valence-corrected chi connectivity index (χ1v) is 27.4. The Morgan fingerprint density at radius 1 is 0.450 bits per heavy atom. The molecule has 0 radical (unpaired) electrons. The van der Waals surface area contributed by atoms with Crippen molar-refractivity contribution in [2.75, 3.05) is 5.75 Å². The van der Waals surface area contributed by atoms with E-state index in [0.29, 0.717) is 12.8 Å². The highest BCUT2D eigenvalue weighted by Crippen LogP contribution is 2.17. The molecule has 0 saturated carbocycles. The van der Waals surface area contributed by atoms with Crippen LogP contribution >= 0.6 is 0 Å². The van der Waals surface area contributed by atoms with Crippen LogP contribution in [0.25, 0.3) is 0 Å². The SMILES string of the molecule is CCCCCCCCCCCCC/C=C/CC/C=C/CC/C=C/C(O)C(CS(=O)(=O)O)NC(=O)C(O)CCCCCCCCCCCCCCCCCCCCCCCC. The number of carbonyl (C=O) groups is 1. The largest absolute Gasteiger partial charge is 0.387 e. The molecule has 0 spiro atoms. The molecule has 3 unspecified atom stereocenters. The number of unbranched alkanes of at least 4 members (excludes halogenated alkanes) is 34. The summed E-state index contributed by atoms with van der Waals surface area (Å²) in [5.74, 6) is -1.56. The number of rotatable bonds is 47. The quantitative estimate of drug-likeness (QED) is 0.0274. The Morgan fingerprint density at radius 2 is 0.750 bits per heavy atom. The molecular formula is C52H99NO6S. The standard InChI is InChI=1S/C52H99NO6S/c1-3-5-7-9-11-13-15-17-19-21-23-25-27-29-31-33-35-37-39-41-43-45-47-51(55)52(56)53-49(48-60(57,58)59)50(54)46-44-42-40-38-36-34-32-30-28-26-24-22-20-18-16-14-12-10-8-6-4-2/h28,30,36,38,44,46,49-51,54-55H,3-27,29,31-35,37,39-43,45,47-48H2,1-2H3,(H,53,56)(H,57,58,59)/b30-28+,38-36+,46-44+. The van der Waals surface area contributed by atoms with Gasteiger partial charge in [0, 0.05) is 0 Å². The maximum atomic E-state index is 12.7. The molecule has 0 aliphatic rings. The molecule has 0 aromatic rings. The summed E-state index contributed by atoms with van der Waals surface area (Å²) in [6, 6.07) is -1.25. The second kappa shape index (κ2) is 45.5. The maximum absolute atomic E-state index is 12.7. The average molecular weight is 866 g/mol. The molecule has 0 saturated heterocycles. The van der Waals surface area contributed by atoms with E-state index in [0.717, 1.165) is 44.9 Å². The van der Waals surface area contributed by atoms with E-state index in [1.165, 1.54) is 192 Å². The van der Waals surface area contributed by atoms with Gasteiger partial charge >= 0.3 is 0 Å². The second-order valence-corrected chi connectivity index (χ2v) is 19.4. The summed E-state index contributed by atoms with van der Waals surface area (Å²) in [6.07, 6.45) is 57.9. The van der Waals surface area contributed by atoms with Gasteiger partial charge in [-0.05, 0) is 44.9 Å². The van der Waals surface area contributed by atoms with Gasteiger partial charge in [0.05, 0.1) is 17.9 Å². The molecule has 8 heteroatoms. The van der Waals surface area contributed by atoms with Crippen molar-refractivity contribution in [3.63, 3.8) is 0 Å². The van der Waals surface area contributed by atoms with Crippen LogP contribution in [-0.4, -0.2) is 53.1 Å². The molecule has 0 rings (SSSR count). The van der Waals surface area contributed by atoms with Crippen LogP contribution in [0, 0.1) is 0 Å². The first kappa shape index (κ1) is 58.5. The zero-order valence-electron chi connectivity index (χ0n) is 39.5. The van der Waals surface area contributed by atoms with Gasteiger partial charge < -0.3 is 15.5 Å². The van der Waals surface area contributed by atoms with E-state index in [1.54, 1.807) is 6.08 Å². The number of aliphatic hydroxyl groups is 2. The second-order valence-electron chi connectivity index (χ2n) is 17.9. The third kappa shape index (κ3) is 44.6. The predicted molar refractivity (Wildman–Crippen MR) is 259 cm³/mol. The summed E-state index contributed by atoms with van der Waals surface area (Å²) in [6.45, 7) is 4.55. The van der Waals surface area contributed by atoms with Crippen LogP contribution < -0.4 is 5.32 Å². The summed E-state index contributed by atoms with van der Waals surface area (Å²) in [7, 11) is -4.46. The third-order valence-electron chi connectivity index (χ3n) is 11.9. The summed E-state index contributed by atoms with van der Waals surface area (Å²) in [4.78, 5) is 12.7. The molecule has 354 valence electrons. The van der Waals surface area contributed by atoms with Crippen molar-refractivity contribution in [3.8, 4) is 0 Å². The van der Waals surface area contributed by atoms with Crippen LogP contribution in [0.4, 0.5) is 0 Å². The fourth-order valence-corrected chi connectivity index (χ4v) is 8.70. The van der Waals surface area contributed by atoms with Crippen molar-refractivity contribution in [2.24, 2.45) is 0 Å². The van der Waals surface area contributed by atoms with E-state index < -0.39 is 40.0 Å². The first-order valence-electron chi connectivity index (χ1n) is 25.8. The zero-order valence-corrected chi connectivity index (χ0v) is 40.3. The van der Waals surface area contributed by atoms with E-state index in [1.807, 2.05) is 0 Å². The number of nitrogens with one attached hydrogen (secondary N) is 1. The van der Waals surface area contributed by atoms with Crippen LogP contribution in [0.1, 0.15) is 264 Å². The molecule has 1 amide bonds. The van der Waals surface area contributed by atoms with Crippen LogP contribution in [0.15, 0.2) is 36.5 Å². The molecule has 0 aromatic heterocycles. The van der Waals surface area contributed by atoms with Crippen LogP contribution in [0.3, 0.4) is 0 Å². The summed E-state index contributed by atoms with van der Waals surface area (Å²) in [5, 5.41) is 23.5. The number of amides is 1. The Kier molecular flexibility index (Phi) is 44.4. The Bertz CT molecular complexity index is 1110. The lowest BCUT2D eigenvalue weighted by atomic mass is 10.0. The zero-order chi connectivity index (χ0) is 44.0. The fraction of sp³-hybridized carbons (Fsp3) is 0.865. The topological polar surface area (TPSA) is 124 Å². The van der Waals surface area contributed by atoms with E-state index in [9.17, 15) is 28.0 Å². The molecule has 7 nitrogen and oxygen atoms in total. The van der Waals surface area contributed by atoms with E-state index in [4.69, 9.17) is 0 Å². The number of aliphatic hydroxyl groups excluding tert-OH is 2. The summed E-state index contributed by atoms with van der Waals surface area (Å²) < 4.78 is 32.7. The third-order valence-corrected chi connectivity index (χ3v) is 12.7. The van der Waals surface area contributed by atoms with Crippen molar-refractivity contribution >= 4 is 16.0 Å². The molecule has 0 heterocycles. The van der Waals surface area contributed by atoms with E-state index in [-0.39, 0.29) is 6.42 Å². The van der Waals surface area contributed by atoms with E-state index in [2.05, 4.69) is 43.5 Å². The monoisotopic (exact) mass is 866 g/mol. The fourth-order valence-electron chi connectivity index (χ4n) is 7.96. The number of hydrogen-bond acceptors (Lipinski definition) is 5. The molecule has 0 fully saturated rings. The Hall–Kier alpha value is -1.48. The molecule has 60 heavy (non-hydrogen) atoms. The van der Waals surface area contributed by atoms with Crippen LogP contribution in [0.5, 0.6) is 0 Å². The molecule has 0 aliphatic heterocycles. The molecular weight excluding hydrogens is 767 g/mol. The highest BCUT2D eigenvalue weighted by molar-refractivity contribution is 7.85. The van der Waals surface area contributed by atoms with Crippen molar-refractivity contribution in [3.05, 3.63) is 36.5 Å². The Labute approximate surface area is 372 Å². The van der Waals surface area contributed by atoms with Gasteiger partial charge in [0.2, 0.25) is 5.91 Å². The normalized spacial score (nSPS) is 13.9. The van der Waals surface area contributed by atoms with Gasteiger partial charge in [-0.2, -0.15) is 8.42 Å². The molecule has 3 atom stereocenters. The van der Waals surface area contributed by atoms with Gasteiger partial charge in [0.25, 0.3) is 10.1 Å². The van der Waals surface area contributed by atoms with Gasteiger partial charge in [-0.1, -0.05) is 256 Å². The average Bonchev–Trinajstić information content (AvgIpc) is 3.22. The van der Waals surface area contributed by atoms with Crippen molar-refractivity contribution in [2.45, 2.75) is 283 Å². The van der Waals surface area contributed by atoms with Crippen molar-refractivity contribution in [1.82, 2.24) is 5.32 Å². The summed E-state index contributed by atoms with van der Waals surface area (Å²) in [5.41, 5.74) is 0. The lowest BCUT2D eigenvalue weighted by Gasteiger charge is -2.22. The molecule has 0 aliphatic carbocycles. The summed E-state index contributed by atoms with van der Waals surface area (Å²) >= 11 is 0. The van der Waals surface area contributed by atoms with Gasteiger partial charge in [0.15, 0.2) is 0 Å². The van der Waals surface area contributed by atoms with Crippen LogP contribution in [-0.2, 0) is 14.9 Å². The number of carbonyl (C=O) groups excluding carboxylic acids is 1. The highest BCUT2D eigenvalue weighted by Gasteiger charge is 2.27. The minimum absolute atomic E-state index is 0.275. The van der Waals surface area contributed by atoms with Gasteiger partial charge in [0.1, 0.15) is 6.10 Å². The van der Waals surface area contributed by atoms with Gasteiger partial charge in [-0.15, -0.1) is 0 Å². The maximum Gasteiger partial charge on any atom is 0.267 e. The predicted octanol–water partition coefficient (Wildman–Crippen LogP) is 15.0. The smallest absolute Gasteiger partial charge is 0.267 e.